The van der Waals surface area contributed by atoms with E-state index in [1.165, 1.54) is 12.8 Å². The van der Waals surface area contributed by atoms with Crippen molar-refractivity contribution in [2.45, 2.75) is 90.1 Å². The minimum absolute atomic E-state index is 0.0839. The molecule has 0 aromatic rings. The predicted molar refractivity (Wildman–Crippen MR) is 117 cm³/mol. The van der Waals surface area contributed by atoms with Crippen LogP contribution >= 0.6 is 0 Å². The molecule has 0 aromatic heterocycles. The number of rotatable bonds is 6. The minimum atomic E-state index is -0.562. The Kier molecular flexibility index (Phi) is 7.59. The Balaban J connectivity index is 1.59. The zero-order chi connectivity index (χ0) is 22.6. The summed E-state index contributed by atoms with van der Waals surface area (Å²) in [4.78, 5) is 56.0. The molecule has 3 fully saturated rings. The van der Waals surface area contributed by atoms with E-state index >= 15 is 0 Å². The van der Waals surface area contributed by atoms with Gasteiger partial charge in [0.05, 0.1) is 0 Å². The van der Waals surface area contributed by atoms with Gasteiger partial charge in [0.15, 0.2) is 0 Å². The number of nitrogens with zero attached hydrogens (tertiary/aromatic N) is 3. The number of amides is 4. The number of carbonyl (C=O) groups is 4. The summed E-state index contributed by atoms with van der Waals surface area (Å²) < 4.78 is 0. The molecule has 3 rings (SSSR count). The zero-order valence-electron chi connectivity index (χ0n) is 19.1. The standard InChI is InChI=1S/C23H38N4O4/c1-23(2,15-19(28)25-11-5-3-4-6-12-25)16-20(29)26-13-8-10-18(26)22(31)27-14-7-9-17(27)21(24)30/h17-18H,3-16H2,1-2H3,(H2,24,30)/t17-,18-/m0/s1. The minimum Gasteiger partial charge on any atom is -0.368 e. The van der Waals surface area contributed by atoms with E-state index in [1.54, 1.807) is 9.80 Å². The topological polar surface area (TPSA) is 104 Å². The summed E-state index contributed by atoms with van der Waals surface area (Å²) in [6.45, 7) is 6.58. The second-order valence-electron chi connectivity index (χ2n) is 10.1. The van der Waals surface area contributed by atoms with Crippen LogP contribution in [0.15, 0.2) is 0 Å². The Morgan fingerprint density at radius 1 is 0.742 bits per heavy atom. The first kappa shape index (κ1) is 23.5. The second kappa shape index (κ2) is 10.0. The molecule has 0 spiro atoms. The molecule has 3 aliphatic heterocycles. The van der Waals surface area contributed by atoms with Crippen LogP contribution < -0.4 is 5.73 Å². The van der Waals surface area contributed by atoms with Gasteiger partial charge < -0.3 is 20.4 Å². The maximum atomic E-state index is 13.2. The average molecular weight is 435 g/mol. The highest BCUT2D eigenvalue weighted by Gasteiger charge is 2.42. The van der Waals surface area contributed by atoms with Gasteiger partial charge in [-0.3, -0.25) is 19.2 Å². The molecular formula is C23H38N4O4. The van der Waals surface area contributed by atoms with Crippen molar-refractivity contribution in [3.05, 3.63) is 0 Å². The van der Waals surface area contributed by atoms with Gasteiger partial charge in [-0.25, -0.2) is 0 Å². The van der Waals surface area contributed by atoms with E-state index in [0.717, 1.165) is 38.8 Å². The molecule has 8 heteroatoms. The third-order valence-electron chi connectivity index (χ3n) is 6.94. The van der Waals surface area contributed by atoms with Crippen molar-refractivity contribution in [3.8, 4) is 0 Å². The highest BCUT2D eigenvalue weighted by atomic mass is 16.2. The number of nitrogens with two attached hydrogens (primary N) is 1. The summed E-state index contributed by atoms with van der Waals surface area (Å²) in [5, 5.41) is 0. The fraction of sp³-hybridized carbons (Fsp3) is 0.826. The summed E-state index contributed by atoms with van der Waals surface area (Å²) >= 11 is 0. The van der Waals surface area contributed by atoms with Gasteiger partial charge in [0.2, 0.25) is 23.6 Å². The third kappa shape index (κ3) is 5.77. The number of hydrogen-bond acceptors (Lipinski definition) is 4. The van der Waals surface area contributed by atoms with Crippen molar-refractivity contribution in [1.29, 1.82) is 0 Å². The SMILES string of the molecule is CC(C)(CC(=O)N1CCCCCC1)CC(=O)N1CCC[C@H]1C(=O)N1CCC[C@H]1C(N)=O. The lowest BCUT2D eigenvalue weighted by Gasteiger charge is -2.33. The lowest BCUT2D eigenvalue weighted by atomic mass is 9.84. The first-order chi connectivity index (χ1) is 14.7. The fourth-order valence-corrected chi connectivity index (χ4v) is 5.25. The van der Waals surface area contributed by atoms with E-state index in [9.17, 15) is 19.2 Å². The van der Waals surface area contributed by atoms with Crippen molar-refractivity contribution >= 4 is 23.6 Å². The molecule has 3 saturated heterocycles. The van der Waals surface area contributed by atoms with E-state index in [2.05, 4.69) is 0 Å². The first-order valence-electron chi connectivity index (χ1n) is 11.9. The number of primary amides is 1. The van der Waals surface area contributed by atoms with Gasteiger partial charge >= 0.3 is 0 Å². The summed E-state index contributed by atoms with van der Waals surface area (Å²) in [5.74, 6) is -0.602. The Hall–Kier alpha value is -2.12. The molecule has 0 saturated carbocycles. The Morgan fingerprint density at radius 2 is 1.29 bits per heavy atom. The fourth-order valence-electron chi connectivity index (χ4n) is 5.25. The molecule has 0 aromatic carbocycles. The lowest BCUT2D eigenvalue weighted by Crippen LogP contribution is -2.52. The molecule has 2 N–H and O–H groups in total. The molecule has 31 heavy (non-hydrogen) atoms. The van der Waals surface area contributed by atoms with Crippen LogP contribution in [-0.2, 0) is 19.2 Å². The van der Waals surface area contributed by atoms with Crippen molar-refractivity contribution in [2.75, 3.05) is 26.2 Å². The van der Waals surface area contributed by atoms with Gasteiger partial charge in [0.1, 0.15) is 12.1 Å². The largest absolute Gasteiger partial charge is 0.368 e. The average Bonchev–Trinajstić information content (AvgIpc) is 3.30. The van der Waals surface area contributed by atoms with Crippen LogP contribution in [0.2, 0.25) is 0 Å². The van der Waals surface area contributed by atoms with Crippen molar-refractivity contribution in [1.82, 2.24) is 14.7 Å². The molecule has 0 unspecified atom stereocenters. The monoisotopic (exact) mass is 434 g/mol. The molecular weight excluding hydrogens is 396 g/mol. The van der Waals surface area contributed by atoms with Gasteiger partial charge in [0.25, 0.3) is 0 Å². The molecule has 0 bridgehead atoms. The van der Waals surface area contributed by atoms with Crippen molar-refractivity contribution in [2.24, 2.45) is 11.1 Å². The maximum absolute atomic E-state index is 13.2. The van der Waals surface area contributed by atoms with Gasteiger partial charge in [-0.05, 0) is 43.9 Å². The molecule has 4 amide bonds. The lowest BCUT2D eigenvalue weighted by molar-refractivity contribution is -0.147. The number of carbonyl (C=O) groups excluding carboxylic acids is 4. The van der Waals surface area contributed by atoms with Crippen molar-refractivity contribution in [3.63, 3.8) is 0 Å². The van der Waals surface area contributed by atoms with Crippen LogP contribution in [0.3, 0.4) is 0 Å². The summed E-state index contributed by atoms with van der Waals surface area (Å²) in [6.07, 6.45) is 7.73. The molecule has 2 atom stereocenters. The van der Waals surface area contributed by atoms with Gasteiger partial charge in [-0.15, -0.1) is 0 Å². The molecule has 3 heterocycles. The summed E-state index contributed by atoms with van der Waals surface area (Å²) in [6, 6.07) is -1.09. The van der Waals surface area contributed by atoms with Crippen LogP contribution in [-0.4, -0.2) is 76.6 Å². The predicted octanol–water partition coefficient (Wildman–Crippen LogP) is 1.66. The smallest absolute Gasteiger partial charge is 0.246 e. The van der Waals surface area contributed by atoms with Crippen LogP contribution in [0.5, 0.6) is 0 Å². The highest BCUT2D eigenvalue weighted by Crippen LogP contribution is 2.31. The van der Waals surface area contributed by atoms with E-state index in [-0.39, 0.29) is 24.1 Å². The van der Waals surface area contributed by atoms with Crippen molar-refractivity contribution < 1.29 is 19.2 Å². The molecule has 8 nitrogen and oxygen atoms in total. The zero-order valence-corrected chi connectivity index (χ0v) is 19.1. The molecule has 0 radical (unpaired) electrons. The molecule has 174 valence electrons. The normalized spacial score (nSPS) is 24.9. The Bertz CT molecular complexity index is 700. The Morgan fingerprint density at radius 3 is 1.90 bits per heavy atom. The molecule has 3 aliphatic rings. The maximum Gasteiger partial charge on any atom is 0.246 e. The van der Waals surface area contributed by atoms with Crippen LogP contribution in [0.4, 0.5) is 0 Å². The second-order valence-corrected chi connectivity index (χ2v) is 10.1. The van der Waals surface area contributed by atoms with Crippen LogP contribution in [0.25, 0.3) is 0 Å². The van der Waals surface area contributed by atoms with Gasteiger partial charge in [-0.1, -0.05) is 26.7 Å². The molecule has 0 aliphatic carbocycles. The number of hydrogen-bond donors (Lipinski definition) is 1. The summed E-state index contributed by atoms with van der Waals surface area (Å²) in [7, 11) is 0. The quantitative estimate of drug-likeness (QED) is 0.686. The van der Waals surface area contributed by atoms with E-state index in [4.69, 9.17) is 5.73 Å². The highest BCUT2D eigenvalue weighted by molar-refractivity contribution is 5.92. The van der Waals surface area contributed by atoms with Crippen LogP contribution in [0, 0.1) is 5.41 Å². The first-order valence-corrected chi connectivity index (χ1v) is 11.9. The van der Waals surface area contributed by atoms with E-state index in [0.29, 0.717) is 32.4 Å². The van der Waals surface area contributed by atoms with Crippen LogP contribution in [0.1, 0.15) is 78.1 Å². The third-order valence-corrected chi connectivity index (χ3v) is 6.94. The van der Waals surface area contributed by atoms with E-state index < -0.39 is 23.4 Å². The number of likely N-dealkylation sites (tertiary alicyclic amines) is 3. The van der Waals surface area contributed by atoms with Gasteiger partial charge in [-0.2, -0.15) is 0 Å². The Labute approximate surface area is 185 Å². The van der Waals surface area contributed by atoms with E-state index in [1.807, 2.05) is 18.7 Å². The summed E-state index contributed by atoms with van der Waals surface area (Å²) in [5.41, 5.74) is 5.00. The van der Waals surface area contributed by atoms with Gasteiger partial charge in [0, 0.05) is 39.0 Å².